The first-order valence-electron chi connectivity index (χ1n) is 13.2. The van der Waals surface area contributed by atoms with E-state index in [-0.39, 0.29) is 11.3 Å². The van der Waals surface area contributed by atoms with Crippen LogP contribution in [0.3, 0.4) is 0 Å². The zero-order valence-electron chi connectivity index (χ0n) is 23.1. The number of hydrogen-bond donors (Lipinski definition) is 0. The number of benzene rings is 4. The standard InChI is InChI=1S/C33H38B2P2/c1-24-7-15-30(16-8-24)36(34,31-17-9-25(2)10-18-31)28(5)23-29(6)37(35,32-19-11-26(3)12-20-32)33-21-13-27(4)14-22-33/h7-22,28-29H,23H2,1-6H3/q+2/t28-,29-/m0/s1. The van der Waals surface area contributed by atoms with E-state index in [1.807, 2.05) is 0 Å². The maximum Gasteiger partial charge on any atom is 0.377 e. The molecule has 0 aliphatic rings. The third-order valence-corrected chi connectivity index (χ3v) is 15.7. The van der Waals surface area contributed by atoms with Gasteiger partial charge in [0.15, 0.2) is 0 Å². The summed E-state index contributed by atoms with van der Waals surface area (Å²) in [5.74, 6) is 0. The maximum absolute atomic E-state index is 7.58. The molecule has 0 N–H and O–H groups in total. The molecule has 4 aromatic carbocycles. The zero-order valence-corrected chi connectivity index (χ0v) is 24.9. The van der Waals surface area contributed by atoms with E-state index < -0.39 is 14.3 Å². The van der Waals surface area contributed by atoms with Gasteiger partial charge in [-0.15, -0.1) is 0 Å². The molecule has 37 heavy (non-hydrogen) atoms. The van der Waals surface area contributed by atoms with E-state index in [0.29, 0.717) is 0 Å². The number of rotatable bonds is 8. The molecule has 0 amide bonds. The van der Waals surface area contributed by atoms with E-state index in [1.165, 1.54) is 43.5 Å². The lowest BCUT2D eigenvalue weighted by molar-refractivity contribution is 0.789. The van der Waals surface area contributed by atoms with Gasteiger partial charge in [-0.25, -0.2) is 0 Å². The molecule has 0 nitrogen and oxygen atoms in total. The molecule has 4 rings (SSSR count). The molecule has 0 aliphatic carbocycles. The Morgan fingerprint density at radius 2 is 0.622 bits per heavy atom. The molecular formula is C33H38B2P2+2. The monoisotopic (exact) mass is 518 g/mol. The molecule has 2 atom stereocenters. The van der Waals surface area contributed by atoms with Crippen molar-refractivity contribution in [2.24, 2.45) is 0 Å². The Balaban J connectivity index is 1.78. The largest absolute Gasteiger partial charge is 0.377 e. The first kappa shape index (κ1) is 27.9. The minimum atomic E-state index is -2.16. The van der Waals surface area contributed by atoms with Crippen molar-refractivity contribution in [1.29, 1.82) is 0 Å². The van der Waals surface area contributed by atoms with Crippen molar-refractivity contribution in [3.63, 3.8) is 0 Å². The van der Waals surface area contributed by atoms with E-state index in [0.717, 1.165) is 6.42 Å². The van der Waals surface area contributed by atoms with Crippen molar-refractivity contribution >= 4 is 50.6 Å². The van der Waals surface area contributed by atoms with Gasteiger partial charge in [-0.1, -0.05) is 70.8 Å². The molecule has 4 aromatic rings. The second-order valence-corrected chi connectivity index (χ2v) is 17.8. The maximum atomic E-state index is 7.58. The summed E-state index contributed by atoms with van der Waals surface area (Å²) in [5.41, 5.74) is 5.56. The van der Waals surface area contributed by atoms with Gasteiger partial charge in [0.25, 0.3) is 0 Å². The fourth-order valence-corrected chi connectivity index (χ4v) is 12.0. The van der Waals surface area contributed by atoms with Gasteiger partial charge in [-0.2, -0.15) is 0 Å². The molecule has 0 aliphatic heterocycles. The Morgan fingerprint density at radius 1 is 0.432 bits per heavy atom. The minimum Gasteiger partial charge on any atom is -0.0555 e. The van der Waals surface area contributed by atoms with Gasteiger partial charge >= 0.3 is 15.1 Å². The van der Waals surface area contributed by atoms with Gasteiger partial charge in [0.05, 0.1) is 32.5 Å². The fourth-order valence-electron chi connectivity index (χ4n) is 5.31. The van der Waals surface area contributed by atoms with Crippen LogP contribution in [0.5, 0.6) is 0 Å². The van der Waals surface area contributed by atoms with Crippen molar-refractivity contribution in [2.45, 2.75) is 59.3 Å². The highest BCUT2D eigenvalue weighted by Gasteiger charge is 2.49. The molecule has 0 saturated heterocycles. The molecule has 0 unspecified atom stereocenters. The van der Waals surface area contributed by atoms with Crippen LogP contribution in [0.4, 0.5) is 0 Å². The Hall–Kier alpha value is -2.13. The van der Waals surface area contributed by atoms with Crippen molar-refractivity contribution in [2.75, 3.05) is 0 Å². The number of aryl methyl sites for hydroxylation is 4. The molecule has 4 heteroatoms. The van der Waals surface area contributed by atoms with Gasteiger partial charge in [0.2, 0.25) is 0 Å². The predicted molar refractivity (Wildman–Crippen MR) is 172 cm³/mol. The highest BCUT2D eigenvalue weighted by atomic mass is 31.2. The molecule has 0 spiro atoms. The van der Waals surface area contributed by atoms with Crippen molar-refractivity contribution in [3.8, 4) is 0 Å². The van der Waals surface area contributed by atoms with E-state index in [4.69, 9.17) is 15.1 Å². The Kier molecular flexibility index (Phi) is 8.53. The third-order valence-electron chi connectivity index (χ3n) is 7.92. The topological polar surface area (TPSA) is 0 Å². The lowest BCUT2D eigenvalue weighted by Crippen LogP contribution is -2.36. The smallest absolute Gasteiger partial charge is 0.0555 e. The Labute approximate surface area is 228 Å². The summed E-state index contributed by atoms with van der Waals surface area (Å²) in [6, 6.07) is 35.5. The summed E-state index contributed by atoms with van der Waals surface area (Å²) in [5, 5.41) is 5.03. The predicted octanol–water partition coefficient (Wildman–Crippen LogP) is 6.89. The first-order chi connectivity index (χ1) is 17.5. The molecule has 0 bridgehead atoms. The van der Waals surface area contributed by atoms with E-state index >= 15 is 0 Å². The van der Waals surface area contributed by atoms with Crippen LogP contribution in [0.15, 0.2) is 97.1 Å². The summed E-state index contributed by atoms with van der Waals surface area (Å²) >= 11 is 0. The minimum absolute atomic E-state index is 0.270. The van der Waals surface area contributed by atoms with Crippen LogP contribution in [-0.4, -0.2) is 26.4 Å². The van der Waals surface area contributed by atoms with Crippen LogP contribution in [-0.2, 0) is 0 Å². The highest BCUT2D eigenvalue weighted by Crippen LogP contribution is 2.63. The lowest BCUT2D eigenvalue weighted by Gasteiger charge is -2.35. The molecule has 0 aromatic heterocycles. The van der Waals surface area contributed by atoms with E-state index in [2.05, 4.69) is 139 Å². The Bertz CT molecular complexity index is 1120. The SMILES string of the molecule is [B][P+](c1ccc(C)cc1)(c1ccc(C)cc1)[C@@H](C)C[C@H](C)[P+]([B])(c1ccc(C)cc1)c1ccc(C)cc1. The van der Waals surface area contributed by atoms with Gasteiger partial charge in [0.1, 0.15) is 0 Å². The zero-order chi connectivity index (χ0) is 26.8. The second kappa shape index (κ2) is 11.3. The molecule has 0 heterocycles. The normalized spacial score (nSPS) is 13.8. The van der Waals surface area contributed by atoms with Gasteiger partial charge < -0.3 is 0 Å². The Morgan fingerprint density at radius 3 is 0.811 bits per heavy atom. The summed E-state index contributed by atoms with van der Waals surface area (Å²) in [6.45, 7) is 13.2. The van der Waals surface area contributed by atoms with Crippen molar-refractivity contribution in [1.82, 2.24) is 0 Å². The highest BCUT2D eigenvalue weighted by molar-refractivity contribution is 8.09. The van der Waals surface area contributed by atoms with Crippen molar-refractivity contribution < 1.29 is 0 Å². The molecular weight excluding hydrogens is 480 g/mol. The molecule has 0 fully saturated rings. The van der Waals surface area contributed by atoms with Crippen molar-refractivity contribution in [3.05, 3.63) is 119 Å². The van der Waals surface area contributed by atoms with Crippen LogP contribution in [0.25, 0.3) is 0 Å². The average molecular weight is 518 g/mol. The van der Waals surface area contributed by atoms with Crippen LogP contribution in [0.1, 0.15) is 42.5 Å². The third kappa shape index (κ3) is 5.67. The van der Waals surface area contributed by atoms with Crippen LogP contribution >= 0.6 is 14.3 Å². The van der Waals surface area contributed by atoms with Gasteiger partial charge in [-0.05, 0) is 90.1 Å². The van der Waals surface area contributed by atoms with Crippen LogP contribution in [0.2, 0.25) is 0 Å². The number of hydrogen-bond acceptors (Lipinski definition) is 0. The first-order valence-corrected chi connectivity index (χ1v) is 17.0. The van der Waals surface area contributed by atoms with E-state index in [1.54, 1.807) is 0 Å². The summed E-state index contributed by atoms with van der Waals surface area (Å²) in [7, 11) is 10.8. The fraction of sp³-hybridized carbons (Fsp3) is 0.273. The molecule has 4 radical (unpaired) electrons. The van der Waals surface area contributed by atoms with E-state index in [9.17, 15) is 0 Å². The molecule has 184 valence electrons. The van der Waals surface area contributed by atoms with Crippen LogP contribution in [0, 0.1) is 27.7 Å². The summed E-state index contributed by atoms with van der Waals surface area (Å²) in [6.07, 6.45) is 0.956. The van der Waals surface area contributed by atoms with Gasteiger partial charge in [0, 0.05) is 20.7 Å². The molecule has 0 saturated carbocycles. The summed E-state index contributed by atoms with van der Waals surface area (Å²) in [4.78, 5) is 0. The average Bonchev–Trinajstić information content (AvgIpc) is 2.89. The quantitative estimate of drug-likeness (QED) is 0.176. The van der Waals surface area contributed by atoms with Gasteiger partial charge in [-0.3, -0.25) is 0 Å². The lowest BCUT2D eigenvalue weighted by atomic mass is 10.2. The van der Waals surface area contributed by atoms with Crippen LogP contribution < -0.4 is 21.2 Å². The second-order valence-electron chi connectivity index (χ2n) is 10.8. The summed E-state index contributed by atoms with van der Waals surface area (Å²) < 4.78 is 0.